The molecule has 2 rings (SSSR count). The number of H-pyrrole nitrogens is 1. The lowest BCUT2D eigenvalue weighted by Gasteiger charge is -2.15. The number of hydrogen-bond donors (Lipinski definition) is 3. The van der Waals surface area contributed by atoms with Crippen molar-refractivity contribution in [2.24, 2.45) is 0 Å². The second-order valence-electron chi connectivity index (χ2n) is 4.31. The van der Waals surface area contributed by atoms with E-state index in [4.69, 9.17) is 11.6 Å². The van der Waals surface area contributed by atoms with Gasteiger partial charge in [-0.25, -0.2) is 23.1 Å². The molecule has 1 unspecified atom stereocenters. The Balaban J connectivity index is 2.27. The Kier molecular flexibility index (Phi) is 4.81. The molecule has 3 N–H and O–H groups in total. The second kappa shape index (κ2) is 6.42. The first-order valence-electron chi connectivity index (χ1n) is 6.32. The van der Waals surface area contributed by atoms with Gasteiger partial charge >= 0.3 is 0 Å². The number of imidazole rings is 1. The van der Waals surface area contributed by atoms with Gasteiger partial charge in [-0.15, -0.1) is 0 Å². The lowest BCUT2D eigenvalue weighted by Crippen LogP contribution is -2.29. The molecule has 21 heavy (non-hydrogen) atoms. The van der Waals surface area contributed by atoms with Crippen molar-refractivity contribution < 1.29 is 8.42 Å². The fourth-order valence-corrected chi connectivity index (χ4v) is 3.39. The van der Waals surface area contributed by atoms with Crippen LogP contribution in [0.1, 0.15) is 25.2 Å². The van der Waals surface area contributed by atoms with Crippen LogP contribution in [0.4, 0.5) is 5.82 Å². The second-order valence-corrected chi connectivity index (χ2v) is 6.43. The average molecular weight is 330 g/mol. The van der Waals surface area contributed by atoms with Crippen molar-refractivity contribution >= 4 is 27.4 Å². The van der Waals surface area contributed by atoms with Crippen molar-refractivity contribution in [2.45, 2.75) is 24.3 Å². The number of aromatic nitrogens is 3. The molecule has 0 saturated carbocycles. The number of nitrogens with zero attached hydrogens (tertiary/aromatic N) is 2. The highest BCUT2D eigenvalue weighted by atomic mass is 35.5. The molecule has 0 bridgehead atoms. The molecule has 2 aromatic heterocycles. The number of hydrogen-bond acceptors (Lipinski definition) is 5. The molecule has 2 aromatic rings. The van der Waals surface area contributed by atoms with E-state index in [2.05, 4.69) is 25.0 Å². The summed E-state index contributed by atoms with van der Waals surface area (Å²) in [4.78, 5) is 11.0. The molecular weight excluding hydrogens is 314 g/mol. The van der Waals surface area contributed by atoms with E-state index >= 15 is 0 Å². The minimum absolute atomic E-state index is 0.0107. The minimum atomic E-state index is -3.73. The summed E-state index contributed by atoms with van der Waals surface area (Å²) in [6.45, 7) is 1.87. The number of halogens is 1. The van der Waals surface area contributed by atoms with Crippen molar-refractivity contribution in [1.29, 1.82) is 0 Å². The fraction of sp³-hybridized carbons (Fsp3) is 0.333. The summed E-state index contributed by atoms with van der Waals surface area (Å²) < 4.78 is 27.3. The molecule has 0 saturated heterocycles. The predicted molar refractivity (Wildman–Crippen MR) is 80.7 cm³/mol. The van der Waals surface area contributed by atoms with Gasteiger partial charge in [-0.1, -0.05) is 18.5 Å². The Hall–Kier alpha value is -1.64. The molecule has 0 aromatic carbocycles. The van der Waals surface area contributed by atoms with Gasteiger partial charge < -0.3 is 10.3 Å². The molecule has 0 aliphatic rings. The van der Waals surface area contributed by atoms with E-state index in [1.54, 1.807) is 19.4 Å². The van der Waals surface area contributed by atoms with Gasteiger partial charge in [0.25, 0.3) is 0 Å². The van der Waals surface area contributed by atoms with Gasteiger partial charge in [-0.3, -0.25) is 0 Å². The Labute approximate surface area is 128 Å². The van der Waals surface area contributed by atoms with E-state index in [0.717, 1.165) is 0 Å². The van der Waals surface area contributed by atoms with Crippen LogP contribution >= 0.6 is 11.6 Å². The maximum Gasteiger partial charge on any atom is 0.242 e. The van der Waals surface area contributed by atoms with Gasteiger partial charge in [-0.2, -0.15) is 0 Å². The highest BCUT2D eigenvalue weighted by Gasteiger charge is 2.22. The number of anilines is 1. The monoisotopic (exact) mass is 329 g/mol. The highest BCUT2D eigenvalue weighted by molar-refractivity contribution is 7.89. The standard InChI is InChI=1S/C12H16ClN5O2S/c1-3-10(12-15-4-5-16-12)18-21(19,20)8-6-9(13)11(14-2)17-7-8/h4-7,10,18H,3H2,1-2H3,(H,14,17)(H,15,16). The Morgan fingerprint density at radius 1 is 1.43 bits per heavy atom. The normalized spacial score (nSPS) is 13.1. The first-order chi connectivity index (χ1) is 9.97. The highest BCUT2D eigenvalue weighted by Crippen LogP contribution is 2.23. The summed E-state index contributed by atoms with van der Waals surface area (Å²) in [7, 11) is -2.07. The Morgan fingerprint density at radius 2 is 2.19 bits per heavy atom. The third-order valence-corrected chi connectivity index (χ3v) is 4.65. The van der Waals surface area contributed by atoms with E-state index < -0.39 is 16.1 Å². The van der Waals surface area contributed by atoms with E-state index in [9.17, 15) is 8.42 Å². The van der Waals surface area contributed by atoms with Gasteiger partial charge in [0.2, 0.25) is 10.0 Å². The fourth-order valence-electron chi connectivity index (χ4n) is 1.81. The van der Waals surface area contributed by atoms with Gasteiger partial charge in [0.05, 0.1) is 11.1 Å². The first-order valence-corrected chi connectivity index (χ1v) is 8.19. The molecule has 114 valence electrons. The van der Waals surface area contributed by atoms with Gasteiger partial charge in [-0.05, 0) is 12.5 Å². The number of nitrogens with one attached hydrogen (secondary N) is 3. The molecule has 0 spiro atoms. The zero-order valence-corrected chi connectivity index (χ0v) is 13.2. The molecular formula is C12H16ClN5O2S. The Bertz CT molecular complexity index is 702. The van der Waals surface area contributed by atoms with Crippen molar-refractivity contribution in [2.75, 3.05) is 12.4 Å². The third kappa shape index (κ3) is 3.52. The van der Waals surface area contributed by atoms with E-state index in [-0.39, 0.29) is 9.92 Å². The molecule has 0 amide bonds. The summed E-state index contributed by atoms with van der Waals surface area (Å²) >= 11 is 5.97. The van der Waals surface area contributed by atoms with Crippen LogP contribution in [0.2, 0.25) is 5.02 Å². The SMILES string of the molecule is CCC(NS(=O)(=O)c1cnc(NC)c(Cl)c1)c1ncc[nH]1. The summed E-state index contributed by atoms with van der Waals surface area (Å²) in [5.41, 5.74) is 0. The maximum atomic E-state index is 12.4. The summed E-state index contributed by atoms with van der Waals surface area (Å²) in [6, 6.07) is 0.921. The molecule has 0 fully saturated rings. The average Bonchev–Trinajstić information content (AvgIpc) is 2.98. The van der Waals surface area contributed by atoms with Crippen molar-refractivity contribution in [1.82, 2.24) is 19.7 Å². The lowest BCUT2D eigenvalue weighted by atomic mass is 10.2. The number of rotatable bonds is 6. The largest absolute Gasteiger partial charge is 0.372 e. The molecule has 0 aliphatic carbocycles. The van der Waals surface area contributed by atoms with Gasteiger partial charge in [0, 0.05) is 25.6 Å². The maximum absolute atomic E-state index is 12.4. The third-order valence-electron chi connectivity index (χ3n) is 2.92. The van der Waals surface area contributed by atoms with Crippen LogP contribution in [0.3, 0.4) is 0 Å². The molecule has 9 heteroatoms. The topological polar surface area (TPSA) is 99.8 Å². The van der Waals surface area contributed by atoms with E-state index in [1.165, 1.54) is 12.3 Å². The zero-order chi connectivity index (χ0) is 15.5. The summed E-state index contributed by atoms with van der Waals surface area (Å²) in [6.07, 6.45) is 5.04. The van der Waals surface area contributed by atoms with Crippen LogP contribution in [0, 0.1) is 0 Å². The molecule has 1 atom stereocenters. The van der Waals surface area contributed by atoms with Crippen LogP contribution in [0.15, 0.2) is 29.6 Å². The van der Waals surface area contributed by atoms with Crippen LogP contribution in [-0.2, 0) is 10.0 Å². The van der Waals surface area contributed by atoms with Crippen molar-refractivity contribution in [3.05, 3.63) is 35.5 Å². The number of sulfonamides is 1. The summed E-state index contributed by atoms with van der Waals surface area (Å²) in [5.74, 6) is 0.987. The smallest absolute Gasteiger partial charge is 0.242 e. The molecule has 7 nitrogen and oxygen atoms in total. The molecule has 0 aliphatic heterocycles. The zero-order valence-electron chi connectivity index (χ0n) is 11.6. The van der Waals surface area contributed by atoms with Crippen molar-refractivity contribution in [3.8, 4) is 0 Å². The molecule has 2 heterocycles. The van der Waals surface area contributed by atoms with Crippen LogP contribution < -0.4 is 10.0 Å². The number of aromatic amines is 1. The Morgan fingerprint density at radius 3 is 2.71 bits per heavy atom. The van der Waals surface area contributed by atoms with Gasteiger partial charge in [0.1, 0.15) is 16.5 Å². The predicted octanol–water partition coefficient (Wildman–Crippen LogP) is 1.93. The van der Waals surface area contributed by atoms with Crippen molar-refractivity contribution in [3.63, 3.8) is 0 Å². The van der Waals surface area contributed by atoms with Gasteiger partial charge in [0.15, 0.2) is 0 Å². The van der Waals surface area contributed by atoms with Crippen LogP contribution in [0.5, 0.6) is 0 Å². The molecule has 0 radical (unpaired) electrons. The lowest BCUT2D eigenvalue weighted by molar-refractivity contribution is 0.539. The number of pyridine rings is 1. The minimum Gasteiger partial charge on any atom is -0.372 e. The van der Waals surface area contributed by atoms with E-state index in [0.29, 0.717) is 18.1 Å². The summed E-state index contributed by atoms with van der Waals surface area (Å²) in [5, 5.41) is 3.02. The van der Waals surface area contributed by atoms with Crippen LogP contribution in [0.25, 0.3) is 0 Å². The quantitative estimate of drug-likeness (QED) is 0.752. The van der Waals surface area contributed by atoms with E-state index in [1.807, 2.05) is 6.92 Å². The first kappa shape index (κ1) is 15.7. The van der Waals surface area contributed by atoms with Crippen LogP contribution in [-0.4, -0.2) is 30.4 Å².